The highest BCUT2D eigenvalue weighted by Crippen LogP contribution is 2.41. The number of carbonyl (C=O) groups is 1. The topological polar surface area (TPSA) is 81.8 Å². The molecule has 0 aliphatic heterocycles. The summed E-state index contributed by atoms with van der Waals surface area (Å²) in [4.78, 5) is 10.7. The lowest BCUT2D eigenvalue weighted by Gasteiger charge is -2.19. The molecular weight excluding hydrogens is 302 g/mol. The van der Waals surface area contributed by atoms with E-state index in [-0.39, 0.29) is 6.42 Å². The summed E-state index contributed by atoms with van der Waals surface area (Å²) in [5, 5.41) is 8.79. The molecule has 0 heterocycles. The van der Waals surface area contributed by atoms with Gasteiger partial charge in [0, 0.05) is 6.04 Å². The zero-order chi connectivity index (χ0) is 13.9. The summed E-state index contributed by atoms with van der Waals surface area (Å²) in [5.41, 5.74) is 7.39. The third-order valence-electron chi connectivity index (χ3n) is 2.68. The monoisotopic (exact) mass is 317 g/mol. The van der Waals surface area contributed by atoms with E-state index in [1.807, 2.05) is 6.92 Å². The van der Waals surface area contributed by atoms with Crippen LogP contribution in [0.1, 0.15) is 23.6 Å². The Bertz CT molecular complexity index is 462. The smallest absolute Gasteiger partial charge is 0.305 e. The van der Waals surface area contributed by atoms with Gasteiger partial charge in [-0.2, -0.15) is 0 Å². The van der Waals surface area contributed by atoms with Crippen molar-refractivity contribution in [3.63, 3.8) is 0 Å². The molecule has 1 atom stereocenters. The zero-order valence-electron chi connectivity index (χ0n) is 10.5. The second-order valence-corrected chi connectivity index (χ2v) is 4.70. The maximum absolute atomic E-state index is 10.7. The minimum absolute atomic E-state index is 0.136. The molecule has 0 fully saturated rings. The number of carboxylic acids is 1. The Morgan fingerprint density at radius 3 is 2.44 bits per heavy atom. The fourth-order valence-corrected chi connectivity index (χ4v) is 2.43. The number of nitrogens with two attached hydrogens (primary N) is 1. The van der Waals surface area contributed by atoms with Gasteiger partial charge in [-0.05, 0) is 40.0 Å². The van der Waals surface area contributed by atoms with E-state index in [1.165, 1.54) is 7.11 Å². The largest absolute Gasteiger partial charge is 0.493 e. The Labute approximate surface area is 114 Å². The Morgan fingerprint density at radius 2 is 2.00 bits per heavy atom. The van der Waals surface area contributed by atoms with Crippen molar-refractivity contribution in [3.8, 4) is 11.5 Å². The fourth-order valence-electron chi connectivity index (χ4n) is 1.84. The number of methoxy groups -OCH3 is 2. The Hall–Kier alpha value is -1.27. The Balaban J connectivity index is 3.30. The van der Waals surface area contributed by atoms with Crippen molar-refractivity contribution in [1.29, 1.82) is 0 Å². The average molecular weight is 318 g/mol. The van der Waals surface area contributed by atoms with Gasteiger partial charge >= 0.3 is 5.97 Å². The second-order valence-electron chi connectivity index (χ2n) is 3.84. The van der Waals surface area contributed by atoms with Gasteiger partial charge in [0.1, 0.15) is 0 Å². The predicted molar refractivity (Wildman–Crippen MR) is 71.2 cm³/mol. The number of hydrogen-bond donors (Lipinski definition) is 2. The second kappa shape index (κ2) is 6.06. The summed E-state index contributed by atoms with van der Waals surface area (Å²) in [6, 6.07) is 1.18. The van der Waals surface area contributed by atoms with E-state index in [4.69, 9.17) is 20.3 Å². The lowest BCUT2D eigenvalue weighted by molar-refractivity contribution is -0.137. The molecule has 0 aliphatic rings. The molecule has 6 heteroatoms. The van der Waals surface area contributed by atoms with Gasteiger partial charge in [-0.3, -0.25) is 4.79 Å². The van der Waals surface area contributed by atoms with Crippen LogP contribution in [0.15, 0.2) is 10.5 Å². The summed E-state index contributed by atoms with van der Waals surface area (Å²) in [6.45, 7) is 1.82. The standard InChI is InChI=1S/C12H16BrNO4/c1-6-7(9(14)5-10(15)16)4-8(13)12(18-3)11(6)17-2/h4,9H,5,14H2,1-3H3,(H,15,16). The van der Waals surface area contributed by atoms with E-state index < -0.39 is 12.0 Å². The highest BCUT2D eigenvalue weighted by molar-refractivity contribution is 9.10. The molecule has 5 nitrogen and oxygen atoms in total. The molecule has 0 saturated carbocycles. The summed E-state index contributed by atoms with van der Waals surface area (Å²) >= 11 is 3.36. The van der Waals surface area contributed by atoms with Crippen molar-refractivity contribution in [1.82, 2.24) is 0 Å². The first kappa shape index (κ1) is 14.8. The van der Waals surface area contributed by atoms with Crippen LogP contribution in [-0.4, -0.2) is 25.3 Å². The summed E-state index contributed by atoms with van der Waals surface area (Å²) in [6.07, 6.45) is -0.136. The van der Waals surface area contributed by atoms with E-state index in [0.29, 0.717) is 16.0 Å². The third kappa shape index (κ3) is 2.94. The molecule has 3 N–H and O–H groups in total. The molecule has 0 spiro atoms. The van der Waals surface area contributed by atoms with Crippen LogP contribution in [0.2, 0.25) is 0 Å². The first-order valence-corrected chi connectivity index (χ1v) is 6.10. The molecule has 0 bridgehead atoms. The SMILES string of the molecule is COc1c(Br)cc(C(N)CC(=O)O)c(C)c1OC. The Kier molecular flexibility index (Phi) is 4.98. The number of rotatable bonds is 5. The molecule has 0 aliphatic carbocycles. The van der Waals surface area contributed by atoms with Crippen molar-refractivity contribution in [3.05, 3.63) is 21.7 Å². The van der Waals surface area contributed by atoms with E-state index in [0.717, 1.165) is 11.1 Å². The molecule has 1 aromatic rings. The highest BCUT2D eigenvalue weighted by Gasteiger charge is 2.20. The number of carboxylic acid groups (broad SMARTS) is 1. The number of hydrogen-bond acceptors (Lipinski definition) is 4. The minimum atomic E-state index is -0.937. The van der Waals surface area contributed by atoms with Crippen molar-refractivity contribution in [2.24, 2.45) is 5.73 Å². The van der Waals surface area contributed by atoms with E-state index in [2.05, 4.69) is 15.9 Å². The van der Waals surface area contributed by atoms with Gasteiger partial charge in [0.15, 0.2) is 11.5 Å². The normalized spacial score (nSPS) is 12.1. The molecule has 0 aromatic heterocycles. The molecule has 1 rings (SSSR count). The first-order valence-electron chi connectivity index (χ1n) is 5.30. The predicted octanol–water partition coefficient (Wildman–Crippen LogP) is 2.25. The maximum atomic E-state index is 10.7. The van der Waals surface area contributed by atoms with E-state index >= 15 is 0 Å². The molecule has 1 unspecified atom stereocenters. The zero-order valence-corrected chi connectivity index (χ0v) is 12.1. The van der Waals surface area contributed by atoms with Crippen LogP contribution < -0.4 is 15.2 Å². The van der Waals surface area contributed by atoms with Crippen LogP contribution in [0.4, 0.5) is 0 Å². The minimum Gasteiger partial charge on any atom is -0.493 e. The molecule has 0 radical (unpaired) electrons. The van der Waals surface area contributed by atoms with E-state index in [1.54, 1.807) is 13.2 Å². The van der Waals surface area contributed by atoms with Crippen molar-refractivity contribution in [2.45, 2.75) is 19.4 Å². The highest BCUT2D eigenvalue weighted by atomic mass is 79.9. The summed E-state index contributed by atoms with van der Waals surface area (Å²) < 4.78 is 11.2. The number of aliphatic carboxylic acids is 1. The van der Waals surface area contributed by atoms with Crippen LogP contribution in [0.25, 0.3) is 0 Å². The van der Waals surface area contributed by atoms with Crippen LogP contribution >= 0.6 is 15.9 Å². The van der Waals surface area contributed by atoms with Crippen molar-refractivity contribution in [2.75, 3.05) is 14.2 Å². The molecule has 100 valence electrons. The fraction of sp³-hybridized carbons (Fsp3) is 0.417. The van der Waals surface area contributed by atoms with E-state index in [9.17, 15) is 4.79 Å². The van der Waals surface area contributed by atoms with Crippen molar-refractivity contribution < 1.29 is 19.4 Å². The molecule has 0 saturated heterocycles. The van der Waals surface area contributed by atoms with Crippen LogP contribution in [-0.2, 0) is 4.79 Å². The quantitative estimate of drug-likeness (QED) is 0.870. The lowest BCUT2D eigenvalue weighted by atomic mass is 9.98. The lowest BCUT2D eigenvalue weighted by Crippen LogP contribution is -2.16. The average Bonchev–Trinajstić information content (AvgIpc) is 2.29. The van der Waals surface area contributed by atoms with Gasteiger partial charge in [-0.15, -0.1) is 0 Å². The van der Waals surface area contributed by atoms with Gasteiger partial charge in [-0.1, -0.05) is 0 Å². The van der Waals surface area contributed by atoms with Gasteiger partial charge in [0.2, 0.25) is 0 Å². The van der Waals surface area contributed by atoms with Gasteiger partial charge < -0.3 is 20.3 Å². The van der Waals surface area contributed by atoms with Gasteiger partial charge in [0.25, 0.3) is 0 Å². The van der Waals surface area contributed by atoms with Crippen LogP contribution in [0.3, 0.4) is 0 Å². The van der Waals surface area contributed by atoms with Crippen LogP contribution in [0, 0.1) is 6.92 Å². The van der Waals surface area contributed by atoms with Gasteiger partial charge in [-0.25, -0.2) is 0 Å². The molecular formula is C12H16BrNO4. The number of benzene rings is 1. The van der Waals surface area contributed by atoms with Crippen molar-refractivity contribution >= 4 is 21.9 Å². The third-order valence-corrected chi connectivity index (χ3v) is 3.27. The Morgan fingerprint density at radius 1 is 1.44 bits per heavy atom. The molecule has 1 aromatic carbocycles. The molecule has 0 amide bonds. The maximum Gasteiger partial charge on any atom is 0.305 e. The summed E-state index contributed by atoms with van der Waals surface area (Å²) in [5.74, 6) is 0.191. The number of halogens is 1. The molecule has 18 heavy (non-hydrogen) atoms. The van der Waals surface area contributed by atoms with Crippen LogP contribution in [0.5, 0.6) is 11.5 Å². The first-order chi connectivity index (χ1) is 8.42. The van der Waals surface area contributed by atoms with Gasteiger partial charge in [0.05, 0.1) is 25.1 Å². The number of ether oxygens (including phenoxy) is 2. The summed E-state index contributed by atoms with van der Waals surface area (Å²) in [7, 11) is 3.07.